The highest BCUT2D eigenvalue weighted by molar-refractivity contribution is 9.10. The van der Waals surface area contributed by atoms with E-state index in [0.29, 0.717) is 21.8 Å². The standard InChI is InChI=1S/C21H17BrN4O3S.ClH/c1-13-19(28)25(11-15-2-4-16(22)5-3-15)21(29)26-12-17(30-20(13)26)18(27)24-10-14-6-8-23-9-7-14;/h2-9,12H,10-11H2,1H3,(H,24,27);1H. The normalized spacial score (nSPS) is 10.6. The number of aromatic nitrogens is 3. The first-order valence-electron chi connectivity index (χ1n) is 9.11. The molecule has 31 heavy (non-hydrogen) atoms. The van der Waals surface area contributed by atoms with Gasteiger partial charge in [-0.3, -0.25) is 23.5 Å². The van der Waals surface area contributed by atoms with Crippen LogP contribution in [0.4, 0.5) is 0 Å². The van der Waals surface area contributed by atoms with Gasteiger partial charge in [0.2, 0.25) is 0 Å². The molecule has 0 fully saturated rings. The minimum absolute atomic E-state index is 0. The second kappa shape index (κ2) is 9.59. The number of hydrogen-bond donors (Lipinski definition) is 1. The van der Waals surface area contributed by atoms with Crippen molar-refractivity contribution < 1.29 is 4.79 Å². The van der Waals surface area contributed by atoms with Crippen LogP contribution in [0.3, 0.4) is 0 Å². The number of nitrogens with one attached hydrogen (secondary N) is 1. The van der Waals surface area contributed by atoms with E-state index in [-0.39, 0.29) is 30.4 Å². The molecular weight excluding hydrogens is 504 g/mol. The Morgan fingerprint density at radius 2 is 1.77 bits per heavy atom. The second-order valence-corrected chi connectivity index (χ2v) is 8.68. The van der Waals surface area contributed by atoms with Crippen LogP contribution < -0.4 is 16.6 Å². The van der Waals surface area contributed by atoms with E-state index in [2.05, 4.69) is 26.2 Å². The molecule has 4 rings (SSSR count). The highest BCUT2D eigenvalue weighted by Crippen LogP contribution is 2.18. The summed E-state index contributed by atoms with van der Waals surface area (Å²) in [6.45, 7) is 2.18. The predicted molar refractivity (Wildman–Crippen MR) is 126 cm³/mol. The summed E-state index contributed by atoms with van der Waals surface area (Å²) in [6.07, 6.45) is 4.81. The number of amides is 1. The molecular formula is C21H18BrClN4O3S. The topological polar surface area (TPSA) is 85.5 Å². The van der Waals surface area contributed by atoms with E-state index < -0.39 is 5.69 Å². The number of fused-ring (bicyclic) bond motifs is 1. The van der Waals surface area contributed by atoms with Crippen molar-refractivity contribution in [3.05, 3.63) is 102 Å². The number of pyridine rings is 1. The van der Waals surface area contributed by atoms with Gasteiger partial charge in [-0.15, -0.1) is 23.7 Å². The van der Waals surface area contributed by atoms with Crippen molar-refractivity contribution in [2.45, 2.75) is 20.0 Å². The lowest BCUT2D eigenvalue weighted by Crippen LogP contribution is -2.38. The maximum atomic E-state index is 13.0. The van der Waals surface area contributed by atoms with Crippen molar-refractivity contribution in [3.63, 3.8) is 0 Å². The van der Waals surface area contributed by atoms with Crippen molar-refractivity contribution in [1.29, 1.82) is 0 Å². The first kappa shape index (κ1) is 22.9. The van der Waals surface area contributed by atoms with Crippen LogP contribution in [0.25, 0.3) is 4.83 Å². The lowest BCUT2D eigenvalue weighted by atomic mass is 10.2. The van der Waals surface area contributed by atoms with E-state index >= 15 is 0 Å². The molecule has 0 aliphatic carbocycles. The largest absolute Gasteiger partial charge is 0.347 e. The Balaban J connectivity index is 0.00000272. The summed E-state index contributed by atoms with van der Waals surface area (Å²) in [5, 5.41) is 2.83. The smallest absolute Gasteiger partial charge is 0.336 e. The van der Waals surface area contributed by atoms with E-state index in [0.717, 1.165) is 26.9 Å². The number of nitrogens with zero attached hydrogens (tertiary/aromatic N) is 3. The molecule has 160 valence electrons. The molecule has 0 spiro atoms. The summed E-state index contributed by atoms with van der Waals surface area (Å²) in [4.78, 5) is 43.2. The van der Waals surface area contributed by atoms with Gasteiger partial charge in [-0.1, -0.05) is 28.1 Å². The zero-order valence-corrected chi connectivity index (χ0v) is 19.6. The Labute approximate surface area is 195 Å². The lowest BCUT2D eigenvalue weighted by Gasteiger charge is -2.07. The van der Waals surface area contributed by atoms with Crippen LogP contribution in [0.15, 0.2) is 69.1 Å². The van der Waals surface area contributed by atoms with E-state index in [9.17, 15) is 14.4 Å². The van der Waals surface area contributed by atoms with Crippen LogP contribution in [0, 0.1) is 6.92 Å². The molecule has 0 bridgehead atoms. The summed E-state index contributed by atoms with van der Waals surface area (Å²) in [7, 11) is 0. The van der Waals surface area contributed by atoms with Crippen LogP contribution >= 0.6 is 39.7 Å². The minimum atomic E-state index is -0.465. The van der Waals surface area contributed by atoms with Gasteiger partial charge in [0.25, 0.3) is 11.5 Å². The van der Waals surface area contributed by atoms with Gasteiger partial charge in [0.15, 0.2) is 0 Å². The molecule has 0 atom stereocenters. The third kappa shape index (κ3) is 4.79. The van der Waals surface area contributed by atoms with Crippen LogP contribution in [-0.2, 0) is 13.1 Å². The minimum Gasteiger partial charge on any atom is -0.347 e. The van der Waals surface area contributed by atoms with Gasteiger partial charge in [-0.05, 0) is 42.3 Å². The number of hydrogen-bond acceptors (Lipinski definition) is 5. The van der Waals surface area contributed by atoms with Crippen LogP contribution in [0.1, 0.15) is 26.4 Å². The zero-order valence-electron chi connectivity index (χ0n) is 16.4. The maximum absolute atomic E-state index is 13.0. The van der Waals surface area contributed by atoms with E-state index in [1.807, 2.05) is 36.4 Å². The van der Waals surface area contributed by atoms with Crippen LogP contribution in [-0.4, -0.2) is 19.9 Å². The zero-order chi connectivity index (χ0) is 21.3. The number of carbonyl (C=O) groups is 1. The molecule has 7 nitrogen and oxygen atoms in total. The Kier molecular flexibility index (Phi) is 7.09. The van der Waals surface area contributed by atoms with Gasteiger partial charge in [0.1, 0.15) is 9.71 Å². The second-order valence-electron chi connectivity index (χ2n) is 6.73. The summed E-state index contributed by atoms with van der Waals surface area (Å²) >= 11 is 4.51. The Bertz CT molecular complexity index is 1350. The lowest BCUT2D eigenvalue weighted by molar-refractivity contribution is 0.0954. The average molecular weight is 522 g/mol. The molecule has 1 amide bonds. The van der Waals surface area contributed by atoms with E-state index in [1.54, 1.807) is 19.3 Å². The number of thiazole rings is 1. The fraction of sp³-hybridized carbons (Fsp3) is 0.143. The summed E-state index contributed by atoms with van der Waals surface area (Å²) in [5.74, 6) is -0.300. The number of halogens is 2. The SMILES string of the molecule is Cc1c(=O)n(Cc2ccc(Br)cc2)c(=O)n2cc(C(=O)NCc3ccncc3)sc12.Cl. The summed E-state index contributed by atoms with van der Waals surface area (Å²) in [5.41, 5.74) is 1.37. The number of rotatable bonds is 5. The third-order valence-corrected chi connectivity index (χ3v) is 6.41. The first-order chi connectivity index (χ1) is 14.4. The van der Waals surface area contributed by atoms with Gasteiger partial charge in [0, 0.05) is 35.2 Å². The molecule has 1 N–H and O–H groups in total. The highest BCUT2D eigenvalue weighted by Gasteiger charge is 2.17. The summed E-state index contributed by atoms with van der Waals surface area (Å²) in [6, 6.07) is 11.1. The van der Waals surface area contributed by atoms with Crippen LogP contribution in [0.2, 0.25) is 0 Å². The first-order valence-corrected chi connectivity index (χ1v) is 10.7. The van der Waals surface area contributed by atoms with Gasteiger partial charge < -0.3 is 5.32 Å². The summed E-state index contributed by atoms with van der Waals surface area (Å²) < 4.78 is 3.49. The van der Waals surface area contributed by atoms with Gasteiger partial charge in [-0.25, -0.2) is 4.79 Å². The molecule has 4 aromatic rings. The van der Waals surface area contributed by atoms with Gasteiger partial charge >= 0.3 is 5.69 Å². The molecule has 0 unspecified atom stereocenters. The Morgan fingerprint density at radius 1 is 1.10 bits per heavy atom. The Hall–Kier alpha value is -2.75. The Morgan fingerprint density at radius 3 is 2.45 bits per heavy atom. The molecule has 0 saturated carbocycles. The predicted octanol–water partition coefficient (Wildman–Crippen LogP) is 3.39. The molecule has 0 saturated heterocycles. The fourth-order valence-corrected chi connectivity index (χ4v) is 4.32. The number of aryl methyl sites for hydroxylation is 1. The molecule has 0 aliphatic heterocycles. The van der Waals surface area contributed by atoms with Gasteiger partial charge in [0.05, 0.1) is 6.54 Å². The van der Waals surface area contributed by atoms with E-state index in [1.165, 1.54) is 15.2 Å². The third-order valence-electron chi connectivity index (χ3n) is 4.68. The van der Waals surface area contributed by atoms with Crippen molar-refractivity contribution in [2.24, 2.45) is 0 Å². The molecule has 0 aliphatic rings. The fourth-order valence-electron chi connectivity index (χ4n) is 3.05. The quantitative estimate of drug-likeness (QED) is 0.436. The average Bonchev–Trinajstić information content (AvgIpc) is 3.21. The van der Waals surface area contributed by atoms with Gasteiger partial charge in [-0.2, -0.15) is 0 Å². The molecule has 10 heteroatoms. The number of carbonyl (C=O) groups excluding carboxylic acids is 1. The van der Waals surface area contributed by atoms with Crippen molar-refractivity contribution >= 4 is 50.4 Å². The molecule has 1 aromatic carbocycles. The molecule has 0 radical (unpaired) electrons. The van der Waals surface area contributed by atoms with Crippen LogP contribution in [0.5, 0.6) is 0 Å². The number of benzene rings is 1. The van der Waals surface area contributed by atoms with Crippen molar-refractivity contribution in [2.75, 3.05) is 0 Å². The van der Waals surface area contributed by atoms with Crippen molar-refractivity contribution in [1.82, 2.24) is 19.3 Å². The molecule has 3 aromatic heterocycles. The maximum Gasteiger partial charge on any atom is 0.336 e. The highest BCUT2D eigenvalue weighted by atomic mass is 79.9. The van der Waals surface area contributed by atoms with E-state index in [4.69, 9.17) is 0 Å². The monoisotopic (exact) mass is 520 g/mol. The molecule has 3 heterocycles. The van der Waals surface area contributed by atoms with Crippen molar-refractivity contribution in [3.8, 4) is 0 Å².